The number of sulfonamides is 1. The van der Waals surface area contributed by atoms with Gasteiger partial charge in [0.15, 0.2) is 0 Å². The van der Waals surface area contributed by atoms with Crippen molar-refractivity contribution in [3.05, 3.63) is 61.7 Å². The van der Waals surface area contributed by atoms with Crippen molar-refractivity contribution in [2.24, 2.45) is 5.14 Å². The first-order valence-corrected chi connectivity index (χ1v) is 10.9. The molecule has 0 unspecified atom stereocenters. The summed E-state index contributed by atoms with van der Waals surface area (Å²) < 4.78 is 24.9. The second-order valence-corrected chi connectivity index (χ2v) is 10.6. The predicted molar refractivity (Wildman–Crippen MR) is 107 cm³/mol. The summed E-state index contributed by atoms with van der Waals surface area (Å²) in [5.41, 5.74) is 5.32. The molecule has 0 aliphatic carbocycles. The third-order valence-corrected chi connectivity index (χ3v) is 7.09. The average Bonchev–Trinajstić information content (AvgIpc) is 2.82. The number of nitrogens with two attached hydrogens (primary N) is 1. The molecule has 0 aliphatic heterocycles. The van der Waals surface area contributed by atoms with Gasteiger partial charge in [-0.2, -0.15) is 0 Å². The van der Waals surface area contributed by atoms with E-state index in [0.717, 1.165) is 29.8 Å². The molecule has 0 saturated heterocycles. The van der Waals surface area contributed by atoms with E-state index in [-0.39, 0.29) is 4.90 Å². The summed E-state index contributed by atoms with van der Waals surface area (Å²) in [6.45, 7) is 2.05. The average molecular weight is 487 g/mol. The zero-order valence-electron chi connectivity index (χ0n) is 12.6. The van der Waals surface area contributed by atoms with Gasteiger partial charge in [0.25, 0.3) is 0 Å². The van der Waals surface area contributed by atoms with Crippen molar-refractivity contribution in [3.8, 4) is 22.3 Å². The summed E-state index contributed by atoms with van der Waals surface area (Å²) in [7, 11) is -3.69. The molecule has 0 aliphatic rings. The van der Waals surface area contributed by atoms with Crippen molar-refractivity contribution in [2.45, 2.75) is 11.8 Å². The van der Waals surface area contributed by atoms with Gasteiger partial charge in [-0.25, -0.2) is 13.6 Å². The number of benzene rings is 2. The molecule has 124 valence electrons. The summed E-state index contributed by atoms with van der Waals surface area (Å²) in [6, 6.07) is 14.9. The number of hydrogen-bond donors (Lipinski definition) is 1. The Hall–Kier alpha value is -0.990. The third kappa shape index (κ3) is 3.50. The van der Waals surface area contributed by atoms with E-state index in [0.29, 0.717) is 0 Å². The van der Waals surface area contributed by atoms with Crippen LogP contribution >= 0.6 is 43.2 Å². The quantitative estimate of drug-likeness (QED) is 0.526. The van der Waals surface area contributed by atoms with Crippen LogP contribution in [0.1, 0.15) is 5.56 Å². The monoisotopic (exact) mass is 485 g/mol. The molecule has 0 bridgehead atoms. The highest BCUT2D eigenvalue weighted by atomic mass is 79.9. The van der Waals surface area contributed by atoms with Crippen LogP contribution in [0, 0.1) is 6.92 Å². The molecule has 1 heterocycles. The Morgan fingerprint density at radius 1 is 0.833 bits per heavy atom. The number of hydrogen-bond acceptors (Lipinski definition) is 3. The van der Waals surface area contributed by atoms with Gasteiger partial charge in [-0.05, 0) is 62.0 Å². The largest absolute Gasteiger partial charge is 0.238 e. The summed E-state index contributed by atoms with van der Waals surface area (Å²) in [4.78, 5) is 0.105. The molecule has 24 heavy (non-hydrogen) atoms. The van der Waals surface area contributed by atoms with E-state index in [2.05, 4.69) is 63.0 Å². The van der Waals surface area contributed by atoms with Gasteiger partial charge in [-0.3, -0.25) is 0 Å². The van der Waals surface area contributed by atoms with Gasteiger partial charge in [-0.15, -0.1) is 11.3 Å². The Balaban J connectivity index is 2.17. The van der Waals surface area contributed by atoms with E-state index in [1.54, 1.807) is 23.5 Å². The Labute approximate surface area is 161 Å². The minimum atomic E-state index is -3.69. The Morgan fingerprint density at radius 3 is 1.67 bits per heavy atom. The van der Waals surface area contributed by atoms with E-state index >= 15 is 0 Å². The first-order valence-electron chi connectivity index (χ1n) is 6.95. The van der Waals surface area contributed by atoms with Crippen molar-refractivity contribution in [3.63, 3.8) is 0 Å². The maximum absolute atomic E-state index is 11.4. The Kier molecular flexibility index (Phi) is 4.99. The van der Waals surface area contributed by atoms with Crippen molar-refractivity contribution < 1.29 is 8.42 Å². The fourth-order valence-electron chi connectivity index (χ4n) is 2.42. The van der Waals surface area contributed by atoms with Crippen LogP contribution in [0.5, 0.6) is 0 Å². The molecule has 0 fully saturated rings. The lowest BCUT2D eigenvalue weighted by Crippen LogP contribution is -2.11. The van der Waals surface area contributed by atoms with Gasteiger partial charge in [0.2, 0.25) is 10.0 Å². The normalized spacial score (nSPS) is 11.7. The molecule has 0 atom stereocenters. The standard InChI is InChI=1S/C17H13Br2NO2S2/c1-10-2-4-11(5-3-10)14-15(17(19)23-16(14)18)12-6-8-13(9-7-12)24(20,21)22/h2-9H,1H3,(H2,20,21,22). The lowest BCUT2D eigenvalue weighted by Gasteiger charge is -2.08. The Bertz CT molecular complexity index is 992. The van der Waals surface area contributed by atoms with Gasteiger partial charge in [0.1, 0.15) is 0 Å². The number of rotatable bonds is 3. The molecule has 3 nitrogen and oxygen atoms in total. The van der Waals surface area contributed by atoms with Crippen molar-refractivity contribution in [1.29, 1.82) is 0 Å². The molecule has 0 radical (unpaired) electrons. The molecule has 7 heteroatoms. The van der Waals surface area contributed by atoms with Gasteiger partial charge in [0.05, 0.1) is 12.5 Å². The fraction of sp³-hybridized carbons (Fsp3) is 0.0588. The van der Waals surface area contributed by atoms with Crippen molar-refractivity contribution in [2.75, 3.05) is 0 Å². The smallest absolute Gasteiger partial charge is 0.225 e. The molecule has 0 amide bonds. The molecule has 2 N–H and O–H groups in total. The van der Waals surface area contributed by atoms with Crippen LogP contribution in [-0.4, -0.2) is 8.42 Å². The maximum atomic E-state index is 11.4. The third-order valence-electron chi connectivity index (χ3n) is 3.63. The maximum Gasteiger partial charge on any atom is 0.238 e. The predicted octanol–water partition coefficient (Wildman–Crippen LogP) is 5.56. The number of thiophene rings is 1. The molecule has 3 aromatic rings. The summed E-state index contributed by atoms with van der Waals surface area (Å²) in [5.74, 6) is 0. The molecule has 1 aromatic heterocycles. The van der Waals surface area contributed by atoms with Crippen LogP contribution in [0.3, 0.4) is 0 Å². The lowest BCUT2D eigenvalue weighted by molar-refractivity contribution is 0.598. The zero-order chi connectivity index (χ0) is 17.5. The van der Waals surface area contributed by atoms with Gasteiger partial charge < -0.3 is 0 Å². The first kappa shape index (κ1) is 17.8. The molecule has 3 rings (SSSR count). The van der Waals surface area contributed by atoms with Crippen LogP contribution in [0.15, 0.2) is 61.0 Å². The van der Waals surface area contributed by atoms with Gasteiger partial charge in [0, 0.05) is 11.1 Å². The van der Waals surface area contributed by atoms with E-state index in [1.165, 1.54) is 17.7 Å². The summed E-state index contributed by atoms with van der Waals surface area (Å²) in [6.07, 6.45) is 0. The lowest BCUT2D eigenvalue weighted by atomic mass is 9.98. The molecule has 0 saturated carbocycles. The summed E-state index contributed by atoms with van der Waals surface area (Å²) >= 11 is 8.85. The second kappa shape index (κ2) is 6.72. The van der Waals surface area contributed by atoms with Gasteiger partial charge >= 0.3 is 0 Å². The number of primary sulfonamides is 1. The van der Waals surface area contributed by atoms with Crippen LogP contribution in [0.25, 0.3) is 22.3 Å². The zero-order valence-corrected chi connectivity index (χ0v) is 17.4. The highest BCUT2D eigenvalue weighted by molar-refractivity contribution is 9.12. The van der Waals surface area contributed by atoms with Gasteiger partial charge in [-0.1, -0.05) is 42.0 Å². The van der Waals surface area contributed by atoms with E-state index in [4.69, 9.17) is 5.14 Å². The SMILES string of the molecule is Cc1ccc(-c2c(Br)sc(Br)c2-c2ccc(S(N)(=O)=O)cc2)cc1. The highest BCUT2D eigenvalue weighted by Gasteiger charge is 2.19. The summed E-state index contributed by atoms with van der Waals surface area (Å²) in [5, 5.41) is 5.17. The Morgan fingerprint density at radius 2 is 1.25 bits per heavy atom. The topological polar surface area (TPSA) is 60.2 Å². The van der Waals surface area contributed by atoms with Crippen molar-refractivity contribution in [1.82, 2.24) is 0 Å². The molecular weight excluding hydrogens is 474 g/mol. The van der Waals surface area contributed by atoms with Crippen LogP contribution in [-0.2, 0) is 10.0 Å². The molecule has 2 aromatic carbocycles. The van der Waals surface area contributed by atoms with E-state index in [1.807, 2.05) is 0 Å². The second-order valence-electron chi connectivity index (χ2n) is 5.33. The van der Waals surface area contributed by atoms with Crippen LogP contribution in [0.4, 0.5) is 0 Å². The number of halogens is 2. The first-order chi connectivity index (χ1) is 11.3. The van der Waals surface area contributed by atoms with Crippen LogP contribution < -0.4 is 5.14 Å². The molecular formula is C17H13Br2NO2S2. The fourth-order valence-corrected chi connectivity index (χ4v) is 6.22. The molecule has 0 spiro atoms. The number of aryl methyl sites for hydroxylation is 1. The van der Waals surface area contributed by atoms with Crippen molar-refractivity contribution >= 4 is 53.2 Å². The minimum Gasteiger partial charge on any atom is -0.225 e. The van der Waals surface area contributed by atoms with E-state index in [9.17, 15) is 8.42 Å². The highest BCUT2D eigenvalue weighted by Crippen LogP contribution is 2.48. The van der Waals surface area contributed by atoms with E-state index < -0.39 is 10.0 Å². The van der Waals surface area contributed by atoms with Crippen LogP contribution in [0.2, 0.25) is 0 Å². The minimum absolute atomic E-state index is 0.105.